The number of hydrogen-bond donors (Lipinski definition) is 3. The molecule has 0 saturated heterocycles. The van der Waals surface area contributed by atoms with Gasteiger partial charge in [-0.3, -0.25) is 9.59 Å². The first-order valence-electron chi connectivity index (χ1n) is 9.08. The summed E-state index contributed by atoms with van der Waals surface area (Å²) in [6, 6.07) is 14.4. The lowest BCUT2D eigenvalue weighted by Gasteiger charge is -2.15. The average molecular weight is 393 g/mol. The summed E-state index contributed by atoms with van der Waals surface area (Å²) in [7, 11) is 1.57. The number of amides is 2. The molecule has 0 saturated carbocycles. The van der Waals surface area contributed by atoms with Crippen LogP contribution in [0.4, 0.5) is 5.69 Å². The number of rotatable bonds is 8. The molecule has 29 heavy (non-hydrogen) atoms. The van der Waals surface area contributed by atoms with Gasteiger partial charge in [-0.05, 0) is 25.1 Å². The first kappa shape index (κ1) is 19.9. The van der Waals surface area contributed by atoms with Gasteiger partial charge in [0.2, 0.25) is 5.91 Å². The number of nitrogens with one attached hydrogen (secondary N) is 2. The Morgan fingerprint density at radius 1 is 1.21 bits per heavy atom. The highest BCUT2D eigenvalue weighted by Gasteiger charge is 2.14. The number of primary amides is 1. The zero-order chi connectivity index (χ0) is 20.8. The van der Waals surface area contributed by atoms with Crippen LogP contribution in [0.3, 0.4) is 0 Å². The molecule has 2 amide bonds. The van der Waals surface area contributed by atoms with Gasteiger partial charge in [-0.15, -0.1) is 0 Å². The van der Waals surface area contributed by atoms with E-state index < -0.39 is 11.9 Å². The zero-order valence-corrected chi connectivity index (χ0v) is 16.3. The number of anilines is 1. The number of carbonyl (C=O) groups is 2. The zero-order valence-electron chi connectivity index (χ0n) is 16.3. The molecule has 0 aliphatic heterocycles. The van der Waals surface area contributed by atoms with E-state index in [0.717, 1.165) is 22.2 Å². The smallest absolute Gasteiger partial charge is 0.262 e. The van der Waals surface area contributed by atoms with Crippen molar-refractivity contribution >= 4 is 34.6 Å². The number of hydrazone groups is 1. The number of nitrogens with zero attached hydrogens (tertiary/aromatic N) is 2. The fourth-order valence-corrected chi connectivity index (χ4v) is 3.00. The number of ether oxygens (including phenoxy) is 1. The summed E-state index contributed by atoms with van der Waals surface area (Å²) in [5.74, 6) is -0.0790. The fraction of sp³-hybridized carbons (Fsp3) is 0.190. The van der Waals surface area contributed by atoms with Gasteiger partial charge in [0, 0.05) is 22.7 Å². The second kappa shape index (κ2) is 8.92. The molecule has 0 spiro atoms. The summed E-state index contributed by atoms with van der Waals surface area (Å²) in [5, 5.41) is 8.07. The van der Waals surface area contributed by atoms with Crippen LogP contribution in [0.2, 0.25) is 0 Å². The van der Waals surface area contributed by atoms with Crippen molar-refractivity contribution in [3.63, 3.8) is 0 Å². The molecule has 0 aliphatic carbocycles. The van der Waals surface area contributed by atoms with Crippen LogP contribution in [0.5, 0.6) is 5.75 Å². The molecule has 2 aromatic carbocycles. The van der Waals surface area contributed by atoms with Crippen molar-refractivity contribution in [3.05, 3.63) is 60.3 Å². The SMILES string of the molecule is COc1ccccc1N[C@H](C)C(=O)N/N=C\c1cn(CC(N)=O)c2ccccc12. The van der Waals surface area contributed by atoms with Crippen LogP contribution >= 0.6 is 0 Å². The largest absolute Gasteiger partial charge is 0.495 e. The summed E-state index contributed by atoms with van der Waals surface area (Å²) in [5.41, 5.74) is 10.2. The summed E-state index contributed by atoms with van der Waals surface area (Å²) in [4.78, 5) is 23.6. The maximum absolute atomic E-state index is 12.4. The van der Waals surface area contributed by atoms with Gasteiger partial charge in [-0.2, -0.15) is 5.10 Å². The number of benzene rings is 2. The lowest BCUT2D eigenvalue weighted by atomic mass is 10.2. The minimum Gasteiger partial charge on any atom is -0.495 e. The lowest BCUT2D eigenvalue weighted by molar-refractivity contribution is -0.121. The Labute approximate surface area is 168 Å². The summed E-state index contributed by atoms with van der Waals surface area (Å²) >= 11 is 0. The molecule has 0 bridgehead atoms. The fourth-order valence-electron chi connectivity index (χ4n) is 3.00. The van der Waals surface area contributed by atoms with Crippen molar-refractivity contribution in [3.8, 4) is 5.75 Å². The summed E-state index contributed by atoms with van der Waals surface area (Å²) in [6.45, 7) is 1.80. The van der Waals surface area contributed by atoms with Crippen LogP contribution in [0.1, 0.15) is 12.5 Å². The molecule has 8 nitrogen and oxygen atoms in total. The van der Waals surface area contributed by atoms with E-state index in [1.54, 1.807) is 31.0 Å². The van der Waals surface area contributed by atoms with Crippen LogP contribution in [-0.2, 0) is 16.1 Å². The van der Waals surface area contributed by atoms with E-state index >= 15 is 0 Å². The normalized spacial score (nSPS) is 12.1. The second-order valence-corrected chi connectivity index (χ2v) is 6.50. The highest BCUT2D eigenvalue weighted by molar-refractivity contribution is 6.00. The van der Waals surface area contributed by atoms with Gasteiger partial charge in [-0.25, -0.2) is 5.43 Å². The molecule has 4 N–H and O–H groups in total. The number of para-hydroxylation sites is 3. The van der Waals surface area contributed by atoms with Crippen molar-refractivity contribution in [1.29, 1.82) is 0 Å². The van der Waals surface area contributed by atoms with E-state index in [1.165, 1.54) is 0 Å². The number of fused-ring (bicyclic) bond motifs is 1. The third-order valence-electron chi connectivity index (χ3n) is 4.40. The minimum atomic E-state index is -0.528. The Morgan fingerprint density at radius 3 is 2.69 bits per heavy atom. The van der Waals surface area contributed by atoms with Crippen molar-refractivity contribution in [2.75, 3.05) is 12.4 Å². The Bertz CT molecular complexity index is 1060. The second-order valence-electron chi connectivity index (χ2n) is 6.50. The molecule has 0 fully saturated rings. The Balaban J connectivity index is 1.69. The van der Waals surface area contributed by atoms with E-state index in [4.69, 9.17) is 10.5 Å². The highest BCUT2D eigenvalue weighted by Crippen LogP contribution is 2.23. The quantitative estimate of drug-likeness (QED) is 0.402. The average Bonchev–Trinajstić information content (AvgIpc) is 3.05. The number of methoxy groups -OCH3 is 1. The lowest BCUT2D eigenvalue weighted by Crippen LogP contribution is -2.35. The van der Waals surface area contributed by atoms with Crippen LogP contribution in [0, 0.1) is 0 Å². The predicted octanol–water partition coefficient (Wildman–Crippen LogP) is 2.09. The van der Waals surface area contributed by atoms with Crippen molar-refractivity contribution < 1.29 is 14.3 Å². The van der Waals surface area contributed by atoms with Gasteiger partial charge in [0.25, 0.3) is 5.91 Å². The number of aromatic nitrogens is 1. The molecular weight excluding hydrogens is 370 g/mol. The molecule has 1 aromatic heterocycles. The monoisotopic (exact) mass is 393 g/mol. The molecular formula is C21H23N5O3. The molecule has 3 rings (SSSR count). The third kappa shape index (κ3) is 4.73. The summed E-state index contributed by atoms with van der Waals surface area (Å²) in [6.07, 6.45) is 3.33. The molecule has 3 aromatic rings. The van der Waals surface area contributed by atoms with Crippen molar-refractivity contribution in [2.45, 2.75) is 19.5 Å². The molecule has 1 heterocycles. The van der Waals surface area contributed by atoms with E-state index in [1.807, 2.05) is 48.5 Å². The molecule has 0 unspecified atom stereocenters. The Kier molecular flexibility index (Phi) is 6.13. The standard InChI is InChI=1S/C21H23N5O3/c1-14(24-17-8-4-6-10-19(17)29-2)21(28)25-23-11-15-12-26(13-20(22)27)18-9-5-3-7-16(15)18/h3-12,14,24H,13H2,1-2H3,(H2,22,27)(H,25,28)/b23-11-/t14-/m1/s1. The van der Waals surface area contributed by atoms with Gasteiger partial charge in [0.1, 0.15) is 18.3 Å². The molecule has 0 aliphatic rings. The third-order valence-corrected chi connectivity index (χ3v) is 4.40. The van der Waals surface area contributed by atoms with Gasteiger partial charge in [0.05, 0.1) is 19.0 Å². The van der Waals surface area contributed by atoms with Crippen molar-refractivity contribution in [1.82, 2.24) is 9.99 Å². The molecule has 150 valence electrons. The van der Waals surface area contributed by atoms with E-state index in [-0.39, 0.29) is 12.5 Å². The maximum Gasteiger partial charge on any atom is 0.262 e. The Morgan fingerprint density at radius 2 is 1.93 bits per heavy atom. The first-order chi connectivity index (χ1) is 14.0. The van der Waals surface area contributed by atoms with Crippen LogP contribution in [0.25, 0.3) is 10.9 Å². The predicted molar refractivity (Wildman–Crippen MR) is 113 cm³/mol. The Hall–Kier alpha value is -3.81. The number of hydrogen-bond acceptors (Lipinski definition) is 5. The number of carbonyl (C=O) groups excluding carboxylic acids is 2. The first-order valence-corrected chi connectivity index (χ1v) is 9.08. The molecule has 8 heteroatoms. The van der Waals surface area contributed by atoms with E-state index in [0.29, 0.717) is 5.75 Å². The van der Waals surface area contributed by atoms with E-state index in [9.17, 15) is 9.59 Å². The van der Waals surface area contributed by atoms with Crippen LogP contribution in [-0.4, -0.2) is 35.7 Å². The van der Waals surface area contributed by atoms with E-state index in [2.05, 4.69) is 15.8 Å². The minimum absolute atomic E-state index is 0.0700. The maximum atomic E-state index is 12.4. The molecule has 0 radical (unpaired) electrons. The highest BCUT2D eigenvalue weighted by atomic mass is 16.5. The summed E-state index contributed by atoms with van der Waals surface area (Å²) < 4.78 is 7.03. The van der Waals surface area contributed by atoms with Gasteiger partial charge in [0.15, 0.2) is 0 Å². The topological polar surface area (TPSA) is 111 Å². The van der Waals surface area contributed by atoms with Crippen molar-refractivity contribution in [2.24, 2.45) is 10.8 Å². The van der Waals surface area contributed by atoms with Crippen LogP contribution in [0.15, 0.2) is 59.8 Å². The van der Waals surface area contributed by atoms with Gasteiger partial charge < -0.3 is 20.4 Å². The van der Waals surface area contributed by atoms with Gasteiger partial charge >= 0.3 is 0 Å². The number of nitrogens with two attached hydrogens (primary N) is 1. The molecule has 1 atom stereocenters. The van der Waals surface area contributed by atoms with Gasteiger partial charge in [-0.1, -0.05) is 30.3 Å². The van der Waals surface area contributed by atoms with Crippen LogP contribution < -0.4 is 21.2 Å².